The van der Waals surface area contributed by atoms with Gasteiger partial charge in [-0.05, 0) is 44.5 Å². The van der Waals surface area contributed by atoms with Crippen molar-refractivity contribution in [3.05, 3.63) is 75.7 Å². The molecule has 0 aliphatic carbocycles. The molecule has 0 radical (unpaired) electrons. The van der Waals surface area contributed by atoms with Crippen LogP contribution in [0.2, 0.25) is 0 Å². The molecule has 1 heterocycles. The van der Waals surface area contributed by atoms with Crippen LogP contribution in [0.3, 0.4) is 0 Å². The van der Waals surface area contributed by atoms with Gasteiger partial charge in [0.05, 0.1) is 29.1 Å². The highest BCUT2D eigenvalue weighted by atomic mass is 16.2. The molecule has 3 rings (SSSR count). The summed E-state index contributed by atoms with van der Waals surface area (Å²) in [5, 5.41) is 17.2. The van der Waals surface area contributed by atoms with Crippen LogP contribution in [0.15, 0.2) is 53.3 Å². The van der Waals surface area contributed by atoms with E-state index in [1.165, 1.54) is 4.68 Å². The molecule has 1 unspecified atom stereocenters. The predicted molar refractivity (Wildman–Crippen MR) is 103 cm³/mol. The molecular formula is C21H20N4O2. The maximum atomic E-state index is 12.9. The molecule has 1 aromatic heterocycles. The number of rotatable bonds is 4. The first-order valence-electron chi connectivity index (χ1n) is 8.75. The van der Waals surface area contributed by atoms with Gasteiger partial charge in [0.1, 0.15) is 0 Å². The Kier molecular flexibility index (Phi) is 5.04. The van der Waals surface area contributed by atoms with Gasteiger partial charge in [-0.2, -0.15) is 10.4 Å². The van der Waals surface area contributed by atoms with Crippen molar-refractivity contribution in [2.24, 2.45) is 0 Å². The van der Waals surface area contributed by atoms with Crippen molar-refractivity contribution >= 4 is 16.7 Å². The molecule has 2 aromatic carbocycles. The lowest BCUT2D eigenvalue weighted by Crippen LogP contribution is -2.32. The van der Waals surface area contributed by atoms with Gasteiger partial charge < -0.3 is 5.32 Å². The van der Waals surface area contributed by atoms with E-state index in [1.54, 1.807) is 36.4 Å². The number of nitrogens with one attached hydrogen (secondary N) is 1. The highest BCUT2D eigenvalue weighted by Gasteiger charge is 2.19. The van der Waals surface area contributed by atoms with Gasteiger partial charge in [0.2, 0.25) is 0 Å². The standard InChI is InChI=1S/C21H20N4O2/c1-13(2)25-21(27)18-7-5-4-6-17(18)19(24-25)20(26)23-14(3)16-10-8-15(12-22)9-11-16/h4-11,13-14H,1-3H3,(H,23,26). The van der Waals surface area contributed by atoms with Crippen LogP contribution in [0, 0.1) is 11.3 Å². The SMILES string of the molecule is CC(NC(=O)c1nn(C(C)C)c(=O)c2ccccc12)c1ccc(C#N)cc1. The number of nitrogens with zero attached hydrogens (tertiary/aromatic N) is 3. The summed E-state index contributed by atoms with van der Waals surface area (Å²) in [5.74, 6) is -0.350. The number of hydrogen-bond acceptors (Lipinski definition) is 4. The molecule has 27 heavy (non-hydrogen) atoms. The Morgan fingerprint density at radius 2 is 1.70 bits per heavy atom. The highest BCUT2D eigenvalue weighted by Crippen LogP contribution is 2.18. The number of carbonyl (C=O) groups is 1. The third kappa shape index (κ3) is 3.58. The second-order valence-electron chi connectivity index (χ2n) is 6.67. The Hall–Kier alpha value is -3.46. The molecular weight excluding hydrogens is 340 g/mol. The normalized spacial score (nSPS) is 12.0. The summed E-state index contributed by atoms with van der Waals surface area (Å²) in [6.45, 7) is 5.56. The van der Waals surface area contributed by atoms with Crippen molar-refractivity contribution in [2.75, 3.05) is 0 Å². The van der Waals surface area contributed by atoms with Gasteiger partial charge in [0.15, 0.2) is 5.69 Å². The minimum atomic E-state index is -0.350. The second-order valence-corrected chi connectivity index (χ2v) is 6.67. The molecule has 0 saturated carbocycles. The lowest BCUT2D eigenvalue weighted by molar-refractivity contribution is 0.0934. The number of hydrogen-bond donors (Lipinski definition) is 1. The molecule has 0 fully saturated rings. The summed E-state index contributed by atoms with van der Waals surface area (Å²) in [7, 11) is 0. The fraction of sp³-hybridized carbons (Fsp3) is 0.238. The maximum Gasteiger partial charge on any atom is 0.274 e. The zero-order valence-electron chi connectivity index (χ0n) is 15.4. The van der Waals surface area contributed by atoms with Gasteiger partial charge in [-0.3, -0.25) is 9.59 Å². The Morgan fingerprint density at radius 3 is 2.30 bits per heavy atom. The Bertz CT molecular complexity index is 1090. The predicted octanol–water partition coefficient (Wildman–Crippen LogP) is 3.34. The quantitative estimate of drug-likeness (QED) is 0.773. The fourth-order valence-corrected chi connectivity index (χ4v) is 2.92. The third-order valence-corrected chi connectivity index (χ3v) is 4.42. The lowest BCUT2D eigenvalue weighted by atomic mass is 10.1. The topological polar surface area (TPSA) is 87.8 Å². The van der Waals surface area contributed by atoms with Crippen LogP contribution in [0.25, 0.3) is 10.8 Å². The summed E-state index contributed by atoms with van der Waals surface area (Å²) in [5.41, 5.74) is 1.45. The van der Waals surface area contributed by atoms with Gasteiger partial charge in [-0.1, -0.05) is 30.3 Å². The molecule has 6 nitrogen and oxygen atoms in total. The Labute approximate surface area is 157 Å². The minimum absolute atomic E-state index is 0.162. The summed E-state index contributed by atoms with van der Waals surface area (Å²) in [6, 6.07) is 15.7. The summed E-state index contributed by atoms with van der Waals surface area (Å²) in [6.07, 6.45) is 0. The maximum absolute atomic E-state index is 12.9. The number of fused-ring (bicyclic) bond motifs is 1. The first kappa shape index (κ1) is 18.3. The van der Waals surface area contributed by atoms with Crippen molar-refractivity contribution < 1.29 is 4.79 Å². The molecule has 1 N–H and O–H groups in total. The Balaban J connectivity index is 1.98. The number of nitriles is 1. The largest absolute Gasteiger partial charge is 0.344 e. The zero-order valence-corrected chi connectivity index (χ0v) is 15.4. The van der Waals surface area contributed by atoms with Crippen molar-refractivity contribution in [2.45, 2.75) is 32.9 Å². The van der Waals surface area contributed by atoms with Crippen LogP contribution in [0.5, 0.6) is 0 Å². The number of aromatic nitrogens is 2. The van der Waals surface area contributed by atoms with E-state index < -0.39 is 0 Å². The van der Waals surface area contributed by atoms with Gasteiger partial charge in [-0.25, -0.2) is 4.68 Å². The summed E-state index contributed by atoms with van der Waals surface area (Å²) in [4.78, 5) is 25.5. The minimum Gasteiger partial charge on any atom is -0.344 e. The molecule has 0 bridgehead atoms. The van der Waals surface area contributed by atoms with E-state index in [-0.39, 0.29) is 29.2 Å². The van der Waals surface area contributed by atoms with E-state index in [0.29, 0.717) is 16.3 Å². The van der Waals surface area contributed by atoms with Crippen LogP contribution in [0.1, 0.15) is 54.5 Å². The van der Waals surface area contributed by atoms with E-state index in [0.717, 1.165) is 5.56 Å². The summed E-state index contributed by atoms with van der Waals surface area (Å²) < 4.78 is 1.34. The molecule has 3 aromatic rings. The van der Waals surface area contributed by atoms with Crippen molar-refractivity contribution in [1.82, 2.24) is 15.1 Å². The molecule has 136 valence electrons. The zero-order chi connectivity index (χ0) is 19.6. The number of benzene rings is 2. The van der Waals surface area contributed by atoms with E-state index in [1.807, 2.05) is 32.9 Å². The molecule has 0 aliphatic rings. The van der Waals surface area contributed by atoms with Gasteiger partial charge in [-0.15, -0.1) is 0 Å². The first-order chi connectivity index (χ1) is 12.9. The first-order valence-corrected chi connectivity index (χ1v) is 8.75. The third-order valence-electron chi connectivity index (χ3n) is 4.42. The number of amides is 1. The van der Waals surface area contributed by atoms with Crippen LogP contribution < -0.4 is 10.9 Å². The van der Waals surface area contributed by atoms with Crippen LogP contribution >= 0.6 is 0 Å². The smallest absolute Gasteiger partial charge is 0.274 e. The highest BCUT2D eigenvalue weighted by molar-refractivity contribution is 6.04. The Morgan fingerprint density at radius 1 is 1.07 bits per heavy atom. The van der Waals surface area contributed by atoms with E-state index in [4.69, 9.17) is 5.26 Å². The molecule has 1 atom stereocenters. The van der Waals surface area contributed by atoms with Crippen molar-refractivity contribution in [3.63, 3.8) is 0 Å². The molecule has 0 aliphatic heterocycles. The molecule has 1 amide bonds. The van der Waals surface area contributed by atoms with Gasteiger partial charge in [0, 0.05) is 5.39 Å². The molecule has 0 saturated heterocycles. The average molecular weight is 360 g/mol. The molecule has 0 spiro atoms. The second kappa shape index (κ2) is 7.42. The van der Waals surface area contributed by atoms with Crippen molar-refractivity contribution in [3.8, 4) is 6.07 Å². The summed E-state index contributed by atoms with van der Waals surface area (Å²) >= 11 is 0. The van der Waals surface area contributed by atoms with Gasteiger partial charge >= 0.3 is 0 Å². The van der Waals surface area contributed by atoms with Crippen LogP contribution in [0.4, 0.5) is 0 Å². The van der Waals surface area contributed by atoms with E-state index in [2.05, 4.69) is 16.5 Å². The van der Waals surface area contributed by atoms with E-state index in [9.17, 15) is 9.59 Å². The van der Waals surface area contributed by atoms with Gasteiger partial charge in [0.25, 0.3) is 11.5 Å². The fourth-order valence-electron chi connectivity index (χ4n) is 2.92. The van der Waals surface area contributed by atoms with Crippen LogP contribution in [-0.4, -0.2) is 15.7 Å². The monoisotopic (exact) mass is 360 g/mol. The van der Waals surface area contributed by atoms with Crippen LogP contribution in [-0.2, 0) is 0 Å². The lowest BCUT2D eigenvalue weighted by Gasteiger charge is -2.17. The molecule has 6 heteroatoms. The number of carbonyl (C=O) groups excluding carboxylic acids is 1. The van der Waals surface area contributed by atoms with E-state index >= 15 is 0 Å². The average Bonchev–Trinajstić information content (AvgIpc) is 2.68. The van der Waals surface area contributed by atoms with Crippen molar-refractivity contribution in [1.29, 1.82) is 5.26 Å².